The first-order valence-corrected chi connectivity index (χ1v) is 7.86. The molecule has 2 aromatic carbocycles. The Morgan fingerprint density at radius 3 is 2.71 bits per heavy atom. The number of aromatic amines is 1. The third-order valence-electron chi connectivity index (χ3n) is 3.56. The summed E-state index contributed by atoms with van der Waals surface area (Å²) in [5, 5.41) is 6.03. The average Bonchev–Trinajstić information content (AvgIpc) is 3.03. The molecule has 0 aliphatic rings. The molecule has 0 saturated heterocycles. The Kier molecular flexibility index (Phi) is 5.08. The summed E-state index contributed by atoms with van der Waals surface area (Å²) < 4.78 is 5.86. The van der Waals surface area contributed by atoms with E-state index >= 15 is 0 Å². The molecule has 1 heterocycles. The molecule has 1 amide bonds. The topological polar surface area (TPSA) is 79.0 Å². The lowest BCUT2D eigenvalue weighted by Gasteiger charge is -2.08. The molecule has 6 nitrogen and oxygen atoms in total. The number of ether oxygens (including phenoxy) is 1. The Labute approximate surface area is 140 Å². The molecule has 0 aliphatic heterocycles. The van der Waals surface area contributed by atoms with Gasteiger partial charge in [0.05, 0.1) is 17.4 Å². The van der Waals surface area contributed by atoms with Gasteiger partial charge in [-0.15, -0.1) is 0 Å². The molecule has 0 bridgehead atoms. The van der Waals surface area contributed by atoms with E-state index in [4.69, 9.17) is 4.74 Å². The average molecular weight is 324 g/mol. The summed E-state index contributed by atoms with van der Waals surface area (Å²) in [7, 11) is 0. The third-order valence-corrected chi connectivity index (χ3v) is 3.56. The van der Waals surface area contributed by atoms with Crippen molar-refractivity contribution in [2.24, 2.45) is 0 Å². The number of carbonyl (C=O) groups is 1. The molecule has 3 rings (SSSR count). The van der Waals surface area contributed by atoms with E-state index in [9.17, 15) is 4.79 Å². The van der Waals surface area contributed by atoms with E-state index in [0.717, 1.165) is 41.2 Å². The molecule has 124 valence electrons. The van der Waals surface area contributed by atoms with Gasteiger partial charge in [0, 0.05) is 32.6 Å². The van der Waals surface area contributed by atoms with Crippen molar-refractivity contribution in [3.8, 4) is 11.5 Å². The Morgan fingerprint density at radius 2 is 1.92 bits per heavy atom. The van der Waals surface area contributed by atoms with Gasteiger partial charge in [0.25, 0.3) is 0 Å². The number of aromatic nitrogens is 2. The number of fused-ring (bicyclic) bond motifs is 1. The Bertz CT molecular complexity index is 811. The van der Waals surface area contributed by atoms with E-state index in [0.29, 0.717) is 6.54 Å². The van der Waals surface area contributed by atoms with Crippen LogP contribution in [0.15, 0.2) is 48.8 Å². The molecule has 0 saturated carbocycles. The largest absolute Gasteiger partial charge is 0.457 e. The maximum absolute atomic E-state index is 10.8. The fourth-order valence-corrected chi connectivity index (χ4v) is 2.35. The molecule has 6 heteroatoms. The van der Waals surface area contributed by atoms with Crippen LogP contribution in [0.4, 0.5) is 0 Å². The van der Waals surface area contributed by atoms with Gasteiger partial charge in [-0.2, -0.15) is 0 Å². The minimum absolute atomic E-state index is 0.00776. The summed E-state index contributed by atoms with van der Waals surface area (Å²) in [4.78, 5) is 18.0. The quantitative estimate of drug-likeness (QED) is 0.584. The number of nitrogens with one attached hydrogen (secondary N) is 3. The highest BCUT2D eigenvalue weighted by Crippen LogP contribution is 2.24. The first-order valence-electron chi connectivity index (χ1n) is 7.86. The molecule has 24 heavy (non-hydrogen) atoms. The van der Waals surface area contributed by atoms with Crippen molar-refractivity contribution in [2.75, 3.05) is 13.1 Å². The van der Waals surface area contributed by atoms with E-state index in [1.807, 2.05) is 42.5 Å². The van der Waals surface area contributed by atoms with Gasteiger partial charge in [0.1, 0.15) is 11.5 Å². The SMILES string of the molecule is CC(=O)NCCNCc1ccc(Oc2ccc3nc[nH]c3c2)cc1. The smallest absolute Gasteiger partial charge is 0.216 e. The Balaban J connectivity index is 1.51. The van der Waals surface area contributed by atoms with E-state index in [1.54, 1.807) is 6.33 Å². The highest BCUT2D eigenvalue weighted by atomic mass is 16.5. The molecule has 3 aromatic rings. The zero-order chi connectivity index (χ0) is 16.8. The Hall–Kier alpha value is -2.86. The molecule has 0 radical (unpaired) electrons. The fourth-order valence-electron chi connectivity index (χ4n) is 2.35. The highest BCUT2D eigenvalue weighted by molar-refractivity contribution is 5.76. The van der Waals surface area contributed by atoms with Crippen LogP contribution < -0.4 is 15.4 Å². The van der Waals surface area contributed by atoms with Crippen molar-refractivity contribution in [3.05, 3.63) is 54.4 Å². The second-order valence-electron chi connectivity index (χ2n) is 5.49. The lowest BCUT2D eigenvalue weighted by Crippen LogP contribution is -2.29. The van der Waals surface area contributed by atoms with Gasteiger partial charge >= 0.3 is 0 Å². The van der Waals surface area contributed by atoms with Crippen LogP contribution in [0.3, 0.4) is 0 Å². The van der Waals surface area contributed by atoms with Crippen LogP contribution in [0.2, 0.25) is 0 Å². The lowest BCUT2D eigenvalue weighted by molar-refractivity contribution is -0.118. The van der Waals surface area contributed by atoms with Crippen molar-refractivity contribution >= 4 is 16.9 Å². The molecular weight excluding hydrogens is 304 g/mol. The summed E-state index contributed by atoms with van der Waals surface area (Å²) >= 11 is 0. The molecule has 0 fully saturated rings. The van der Waals surface area contributed by atoms with Crippen LogP contribution in [0.1, 0.15) is 12.5 Å². The second kappa shape index (κ2) is 7.61. The number of benzene rings is 2. The van der Waals surface area contributed by atoms with Gasteiger partial charge in [-0.3, -0.25) is 4.79 Å². The summed E-state index contributed by atoms with van der Waals surface area (Å²) in [5.41, 5.74) is 3.03. The normalized spacial score (nSPS) is 10.7. The van der Waals surface area contributed by atoms with Gasteiger partial charge in [0.2, 0.25) is 5.91 Å². The van der Waals surface area contributed by atoms with Crippen molar-refractivity contribution in [1.82, 2.24) is 20.6 Å². The standard InChI is InChI=1S/C18H20N4O2/c1-13(23)20-9-8-19-11-14-2-4-15(5-3-14)24-16-6-7-17-18(10-16)22-12-21-17/h2-7,10,12,19H,8-9,11H2,1H3,(H,20,23)(H,21,22). The third kappa shape index (κ3) is 4.33. The molecule has 0 unspecified atom stereocenters. The molecule has 0 aliphatic carbocycles. The van der Waals surface area contributed by atoms with Crippen LogP contribution >= 0.6 is 0 Å². The molecule has 3 N–H and O–H groups in total. The van der Waals surface area contributed by atoms with Gasteiger partial charge in [-0.25, -0.2) is 4.98 Å². The lowest BCUT2D eigenvalue weighted by atomic mass is 10.2. The fraction of sp³-hybridized carbons (Fsp3) is 0.222. The predicted molar refractivity (Wildman–Crippen MR) is 93.0 cm³/mol. The van der Waals surface area contributed by atoms with E-state index in [1.165, 1.54) is 6.92 Å². The molecule has 1 aromatic heterocycles. The van der Waals surface area contributed by atoms with Crippen molar-refractivity contribution in [1.29, 1.82) is 0 Å². The first-order chi connectivity index (χ1) is 11.7. The van der Waals surface area contributed by atoms with Crippen LogP contribution in [-0.4, -0.2) is 29.0 Å². The number of rotatable bonds is 7. The van der Waals surface area contributed by atoms with Crippen LogP contribution in [0.5, 0.6) is 11.5 Å². The van der Waals surface area contributed by atoms with E-state index in [2.05, 4.69) is 20.6 Å². The van der Waals surface area contributed by atoms with Crippen molar-refractivity contribution < 1.29 is 9.53 Å². The second-order valence-corrected chi connectivity index (χ2v) is 5.49. The van der Waals surface area contributed by atoms with Crippen molar-refractivity contribution in [3.63, 3.8) is 0 Å². The van der Waals surface area contributed by atoms with Gasteiger partial charge in [-0.1, -0.05) is 12.1 Å². The first kappa shape index (κ1) is 16.0. The number of H-pyrrole nitrogens is 1. The van der Waals surface area contributed by atoms with Crippen molar-refractivity contribution in [2.45, 2.75) is 13.5 Å². The number of hydrogen-bond donors (Lipinski definition) is 3. The van der Waals surface area contributed by atoms with Crippen LogP contribution in [-0.2, 0) is 11.3 Å². The minimum atomic E-state index is -0.00776. The van der Waals surface area contributed by atoms with Gasteiger partial charge in [0.15, 0.2) is 0 Å². The van der Waals surface area contributed by atoms with Crippen LogP contribution in [0, 0.1) is 0 Å². The number of imidazole rings is 1. The Morgan fingerprint density at radius 1 is 1.12 bits per heavy atom. The number of hydrogen-bond acceptors (Lipinski definition) is 4. The number of carbonyl (C=O) groups excluding carboxylic acids is 1. The minimum Gasteiger partial charge on any atom is -0.457 e. The molecule has 0 atom stereocenters. The molecule has 0 spiro atoms. The van der Waals surface area contributed by atoms with Gasteiger partial charge < -0.3 is 20.4 Å². The highest BCUT2D eigenvalue weighted by Gasteiger charge is 2.01. The number of nitrogens with zero attached hydrogens (tertiary/aromatic N) is 1. The maximum atomic E-state index is 10.8. The summed E-state index contributed by atoms with van der Waals surface area (Å²) in [6.07, 6.45) is 1.67. The van der Waals surface area contributed by atoms with E-state index < -0.39 is 0 Å². The van der Waals surface area contributed by atoms with Gasteiger partial charge in [-0.05, 0) is 29.8 Å². The zero-order valence-corrected chi connectivity index (χ0v) is 13.5. The predicted octanol–water partition coefficient (Wildman–Crippen LogP) is 2.58. The summed E-state index contributed by atoms with van der Waals surface area (Å²) in [6, 6.07) is 13.7. The number of amides is 1. The van der Waals surface area contributed by atoms with E-state index in [-0.39, 0.29) is 5.91 Å². The zero-order valence-electron chi connectivity index (χ0n) is 13.5. The monoisotopic (exact) mass is 324 g/mol. The molecular formula is C18H20N4O2. The maximum Gasteiger partial charge on any atom is 0.216 e. The summed E-state index contributed by atoms with van der Waals surface area (Å²) in [6.45, 7) is 3.64. The summed E-state index contributed by atoms with van der Waals surface area (Å²) in [5.74, 6) is 1.55. The van der Waals surface area contributed by atoms with Crippen LogP contribution in [0.25, 0.3) is 11.0 Å².